The number of aryl methyl sites for hydroxylation is 1. The zero-order chi connectivity index (χ0) is 24.2. The molecule has 0 amide bonds. The highest BCUT2D eigenvalue weighted by molar-refractivity contribution is 6.11. The van der Waals surface area contributed by atoms with E-state index in [1.165, 1.54) is 0 Å². The summed E-state index contributed by atoms with van der Waals surface area (Å²) >= 11 is 0. The molecular weight excluding hydrogens is 430 g/mol. The maximum atomic E-state index is 12.3. The number of aliphatic imine (C=N–C) groups is 1. The summed E-state index contributed by atoms with van der Waals surface area (Å²) in [7, 11) is 0. The predicted molar refractivity (Wildman–Crippen MR) is 131 cm³/mol. The van der Waals surface area contributed by atoms with Gasteiger partial charge in [-0.25, -0.2) is 4.79 Å². The van der Waals surface area contributed by atoms with Gasteiger partial charge in [-0.2, -0.15) is 0 Å². The summed E-state index contributed by atoms with van der Waals surface area (Å²) in [5.41, 5.74) is 2.34. The lowest BCUT2D eigenvalue weighted by Gasteiger charge is -2.15. The minimum absolute atomic E-state index is 0.173. The Kier molecular flexibility index (Phi) is 7.01. The first-order valence-corrected chi connectivity index (χ1v) is 11.6. The Balaban J connectivity index is 1.51. The minimum atomic E-state index is -0.985. The largest absolute Gasteiger partial charge is 0.480 e. The monoisotopic (exact) mass is 459 g/mol. The van der Waals surface area contributed by atoms with Crippen LogP contribution in [0.3, 0.4) is 0 Å². The van der Waals surface area contributed by atoms with Crippen LogP contribution in [0, 0.1) is 18.8 Å². The molecule has 2 aromatic heterocycles. The van der Waals surface area contributed by atoms with Gasteiger partial charge >= 0.3 is 5.97 Å². The fraction of sp³-hybridized carbons (Fsp3) is 0.370. The predicted octanol–water partition coefficient (Wildman–Crippen LogP) is 5.19. The van der Waals surface area contributed by atoms with E-state index in [9.17, 15) is 14.7 Å². The van der Waals surface area contributed by atoms with Crippen molar-refractivity contribution in [2.24, 2.45) is 16.8 Å². The van der Waals surface area contributed by atoms with Gasteiger partial charge in [0.05, 0.1) is 11.6 Å². The van der Waals surface area contributed by atoms with Gasteiger partial charge < -0.3 is 9.84 Å². The van der Waals surface area contributed by atoms with Crippen molar-refractivity contribution in [2.45, 2.75) is 52.5 Å². The van der Waals surface area contributed by atoms with Crippen LogP contribution < -0.4 is 4.74 Å². The molecule has 1 fully saturated rings. The normalized spacial score (nSPS) is 18.1. The maximum Gasteiger partial charge on any atom is 0.328 e. The summed E-state index contributed by atoms with van der Waals surface area (Å²) in [4.78, 5) is 37.3. The molecule has 2 atom stereocenters. The number of rotatable bonds is 8. The van der Waals surface area contributed by atoms with E-state index >= 15 is 0 Å². The summed E-state index contributed by atoms with van der Waals surface area (Å²) < 4.78 is 6.13. The molecule has 7 heteroatoms. The van der Waals surface area contributed by atoms with Gasteiger partial charge in [-0.3, -0.25) is 19.8 Å². The first kappa shape index (κ1) is 23.5. The Bertz CT molecular complexity index is 1230. The second-order valence-electron chi connectivity index (χ2n) is 9.21. The Hall–Kier alpha value is -3.61. The lowest BCUT2D eigenvalue weighted by molar-refractivity contribution is -0.138. The van der Waals surface area contributed by atoms with E-state index in [2.05, 4.69) is 28.8 Å². The molecule has 3 aromatic rings. The molecule has 7 nitrogen and oxygen atoms in total. The van der Waals surface area contributed by atoms with Gasteiger partial charge in [-0.1, -0.05) is 26.0 Å². The number of pyridine rings is 2. The van der Waals surface area contributed by atoms with E-state index in [1.807, 2.05) is 37.3 Å². The molecule has 0 saturated heterocycles. The Morgan fingerprint density at radius 1 is 1.18 bits per heavy atom. The summed E-state index contributed by atoms with van der Waals surface area (Å²) in [6.45, 7) is 6.02. The number of Topliss-reactive ketones (excluding diaryl/α,β-unsaturated/α-hetero) is 1. The Morgan fingerprint density at radius 3 is 2.65 bits per heavy atom. The highest BCUT2D eigenvalue weighted by atomic mass is 16.5. The number of ketones is 1. The zero-order valence-corrected chi connectivity index (χ0v) is 19.7. The third-order valence-corrected chi connectivity index (χ3v) is 6.13. The summed E-state index contributed by atoms with van der Waals surface area (Å²) in [6.07, 6.45) is 7.21. The molecule has 34 heavy (non-hydrogen) atoms. The molecule has 176 valence electrons. The fourth-order valence-corrected chi connectivity index (χ4v) is 4.37. The second kappa shape index (κ2) is 10.1. The van der Waals surface area contributed by atoms with Crippen molar-refractivity contribution in [1.82, 2.24) is 9.97 Å². The summed E-state index contributed by atoms with van der Waals surface area (Å²) in [5, 5.41) is 11.6. The molecule has 0 spiro atoms. The third kappa shape index (κ3) is 5.30. The van der Waals surface area contributed by atoms with Crippen LogP contribution in [-0.4, -0.2) is 38.6 Å². The van der Waals surface area contributed by atoms with Crippen LogP contribution in [0.15, 0.2) is 53.9 Å². The van der Waals surface area contributed by atoms with Crippen LogP contribution in [0.4, 0.5) is 0 Å². The van der Waals surface area contributed by atoms with Crippen LogP contribution >= 0.6 is 0 Å². The van der Waals surface area contributed by atoms with Gasteiger partial charge in [0.15, 0.2) is 11.8 Å². The highest BCUT2D eigenvalue weighted by Crippen LogP contribution is 2.32. The van der Waals surface area contributed by atoms with Gasteiger partial charge in [0.25, 0.3) is 0 Å². The van der Waals surface area contributed by atoms with E-state index in [-0.39, 0.29) is 18.1 Å². The molecule has 2 heterocycles. The average Bonchev–Trinajstić information content (AvgIpc) is 3.14. The standard InChI is InChI=1S/C27H29N3O4/c1-16(2)12-22-23(8-9-25(22)31)30-24(27(32)33)13-18-4-6-20(7-5-18)34-26-17(3)29-15-19-14-28-11-10-21(19)26/h4-7,10-11,14-16,22,24H,8-9,12-13H2,1-3H3,(H,32,33). The van der Waals surface area contributed by atoms with Crippen molar-refractivity contribution in [2.75, 3.05) is 0 Å². The van der Waals surface area contributed by atoms with E-state index in [0.717, 1.165) is 27.7 Å². The molecule has 2 unspecified atom stereocenters. The van der Waals surface area contributed by atoms with Crippen molar-refractivity contribution in [1.29, 1.82) is 0 Å². The number of aromatic nitrogens is 2. The molecule has 1 saturated carbocycles. The topological polar surface area (TPSA) is 102 Å². The van der Waals surface area contributed by atoms with E-state index in [4.69, 9.17) is 4.74 Å². The zero-order valence-electron chi connectivity index (χ0n) is 19.7. The quantitative estimate of drug-likeness (QED) is 0.497. The first-order valence-electron chi connectivity index (χ1n) is 11.6. The number of carboxylic acids is 1. The summed E-state index contributed by atoms with van der Waals surface area (Å²) in [6, 6.07) is 8.33. The van der Waals surface area contributed by atoms with Crippen LogP contribution in [-0.2, 0) is 16.0 Å². The number of ether oxygens (including phenoxy) is 1. The number of nitrogens with zero attached hydrogens (tertiary/aromatic N) is 3. The Morgan fingerprint density at radius 2 is 1.94 bits per heavy atom. The van der Waals surface area contributed by atoms with Gasteiger partial charge in [0.1, 0.15) is 11.5 Å². The van der Waals surface area contributed by atoms with Crippen LogP contribution in [0.25, 0.3) is 10.8 Å². The lowest BCUT2D eigenvalue weighted by atomic mass is 9.93. The SMILES string of the molecule is Cc1ncc2cnccc2c1Oc1ccc(CC(N=C2CCC(=O)C2CC(C)C)C(=O)O)cc1. The molecule has 4 rings (SSSR count). The van der Waals surface area contributed by atoms with Gasteiger partial charge in [-0.05, 0) is 49.4 Å². The van der Waals surface area contributed by atoms with Gasteiger partial charge in [0, 0.05) is 47.9 Å². The third-order valence-electron chi connectivity index (χ3n) is 6.13. The molecular formula is C27H29N3O4. The van der Waals surface area contributed by atoms with E-state index < -0.39 is 12.0 Å². The first-order chi connectivity index (χ1) is 16.3. The van der Waals surface area contributed by atoms with E-state index in [1.54, 1.807) is 18.6 Å². The van der Waals surface area contributed by atoms with Crippen molar-refractivity contribution in [3.05, 3.63) is 60.2 Å². The Labute approximate surface area is 198 Å². The van der Waals surface area contributed by atoms with E-state index in [0.29, 0.717) is 36.7 Å². The fourth-order valence-electron chi connectivity index (χ4n) is 4.37. The minimum Gasteiger partial charge on any atom is -0.480 e. The molecule has 1 N–H and O–H groups in total. The number of benzene rings is 1. The van der Waals surface area contributed by atoms with Crippen molar-refractivity contribution in [3.63, 3.8) is 0 Å². The van der Waals surface area contributed by atoms with Crippen molar-refractivity contribution in [3.8, 4) is 11.5 Å². The van der Waals surface area contributed by atoms with Crippen molar-refractivity contribution >= 4 is 28.2 Å². The van der Waals surface area contributed by atoms with Crippen LogP contribution in [0.5, 0.6) is 11.5 Å². The van der Waals surface area contributed by atoms with Gasteiger partial charge in [-0.15, -0.1) is 0 Å². The molecule has 0 aliphatic heterocycles. The number of carbonyl (C=O) groups is 2. The number of aliphatic carboxylic acids is 1. The molecule has 0 bridgehead atoms. The second-order valence-corrected chi connectivity index (χ2v) is 9.21. The number of hydrogen-bond donors (Lipinski definition) is 1. The maximum absolute atomic E-state index is 12.3. The number of fused-ring (bicyclic) bond motifs is 1. The number of hydrogen-bond acceptors (Lipinski definition) is 6. The van der Waals surface area contributed by atoms with Crippen LogP contribution in [0.1, 0.15) is 44.4 Å². The highest BCUT2D eigenvalue weighted by Gasteiger charge is 2.32. The van der Waals surface area contributed by atoms with Crippen LogP contribution in [0.2, 0.25) is 0 Å². The number of carboxylic acid groups (broad SMARTS) is 1. The average molecular weight is 460 g/mol. The molecule has 0 radical (unpaired) electrons. The van der Waals surface area contributed by atoms with Gasteiger partial charge in [0.2, 0.25) is 0 Å². The summed E-state index contributed by atoms with van der Waals surface area (Å²) in [5.74, 6) is 0.600. The van der Waals surface area contributed by atoms with Crippen molar-refractivity contribution < 1.29 is 19.4 Å². The molecule has 1 aliphatic rings. The number of carbonyl (C=O) groups excluding carboxylic acids is 1. The smallest absolute Gasteiger partial charge is 0.328 e. The molecule has 1 aliphatic carbocycles. The lowest BCUT2D eigenvalue weighted by Crippen LogP contribution is -2.25. The molecule has 1 aromatic carbocycles.